The minimum atomic E-state index is -4.49. The molecular weight excluding hydrogens is 388 g/mol. The van der Waals surface area contributed by atoms with Gasteiger partial charge >= 0.3 is 0 Å². The van der Waals surface area contributed by atoms with E-state index in [0.29, 0.717) is 12.0 Å². The molecule has 1 aliphatic rings. The number of ether oxygens (including phenoxy) is 1. The fraction of sp³-hybridized carbons (Fsp3) is 0.333. The fourth-order valence-corrected chi connectivity index (χ4v) is 4.05. The van der Waals surface area contributed by atoms with Gasteiger partial charge < -0.3 is 9.84 Å². The van der Waals surface area contributed by atoms with Gasteiger partial charge in [0.15, 0.2) is 6.01 Å². The van der Waals surface area contributed by atoms with E-state index in [-0.39, 0.29) is 17.1 Å². The summed E-state index contributed by atoms with van der Waals surface area (Å²) in [5, 5.41) is 9.91. The van der Waals surface area contributed by atoms with Crippen molar-refractivity contribution in [3.8, 4) is 11.5 Å². The van der Waals surface area contributed by atoms with Crippen LogP contribution in [0, 0.1) is 5.82 Å². The topological polar surface area (TPSA) is 63.6 Å². The fourth-order valence-electron chi connectivity index (χ4n) is 3.09. The predicted octanol–water partition coefficient (Wildman–Crippen LogP) is 4.11. The van der Waals surface area contributed by atoms with E-state index in [1.807, 2.05) is 0 Å². The Morgan fingerprint density at radius 1 is 1.26 bits per heavy atom. The Kier molecular flexibility index (Phi) is 4.94. The van der Waals surface area contributed by atoms with Crippen molar-refractivity contribution in [2.75, 3.05) is 6.01 Å². The lowest BCUT2D eigenvalue weighted by Gasteiger charge is -2.16. The highest BCUT2D eigenvalue weighted by atomic mass is 32.2. The van der Waals surface area contributed by atoms with Crippen LogP contribution in [0.1, 0.15) is 29.7 Å². The van der Waals surface area contributed by atoms with Gasteiger partial charge in [-0.2, -0.15) is 0 Å². The molecule has 0 aromatic heterocycles. The van der Waals surface area contributed by atoms with E-state index in [9.17, 15) is 31.1 Å². The number of aryl methyl sites for hydroxylation is 1. The van der Waals surface area contributed by atoms with Crippen LogP contribution >= 0.6 is 0 Å². The molecule has 1 aliphatic carbocycles. The van der Waals surface area contributed by atoms with Crippen molar-refractivity contribution >= 4 is 9.84 Å². The summed E-state index contributed by atoms with van der Waals surface area (Å²) in [7, 11) is -4.49. The number of aliphatic hydroxyl groups excluding tert-OH is 1. The largest absolute Gasteiger partial charge is 0.457 e. The van der Waals surface area contributed by atoms with Crippen LogP contribution in [-0.4, -0.2) is 25.5 Å². The number of benzene rings is 2. The molecule has 0 heterocycles. The maximum atomic E-state index is 14.1. The second kappa shape index (κ2) is 6.79. The molecule has 0 saturated carbocycles. The molecule has 0 spiro atoms. The lowest BCUT2D eigenvalue weighted by molar-refractivity contribution is -0.0976. The standard InChI is InChI=1S/C18H16F4O4S/c1-2-10-5-11(20)7-12(6-10)26-14-3-4-15(27(24,25)9-19)16-13(14)8-18(21,22)17(16)23/h3-7,17,23H,2,8-9H2,1H3/t17-/m0/s1. The molecule has 146 valence electrons. The molecule has 1 atom stereocenters. The normalized spacial score (nSPS) is 18.4. The highest BCUT2D eigenvalue weighted by molar-refractivity contribution is 7.91. The minimum absolute atomic E-state index is 0.0415. The summed E-state index contributed by atoms with van der Waals surface area (Å²) in [6, 6.07) is 4.10. The van der Waals surface area contributed by atoms with Crippen LogP contribution in [0.15, 0.2) is 35.2 Å². The quantitative estimate of drug-likeness (QED) is 0.762. The van der Waals surface area contributed by atoms with Crippen LogP contribution in [0.4, 0.5) is 17.6 Å². The summed E-state index contributed by atoms with van der Waals surface area (Å²) < 4.78 is 84.0. The Morgan fingerprint density at radius 3 is 2.59 bits per heavy atom. The first-order valence-corrected chi connectivity index (χ1v) is 9.72. The summed E-state index contributed by atoms with van der Waals surface area (Å²) in [5.74, 6) is -4.33. The van der Waals surface area contributed by atoms with Crippen LogP contribution < -0.4 is 4.74 Å². The van der Waals surface area contributed by atoms with Crippen molar-refractivity contribution in [3.63, 3.8) is 0 Å². The van der Waals surface area contributed by atoms with Gasteiger partial charge in [0.05, 0.1) is 4.90 Å². The van der Waals surface area contributed by atoms with Crippen molar-refractivity contribution < 1.29 is 35.8 Å². The van der Waals surface area contributed by atoms with E-state index in [2.05, 4.69) is 0 Å². The molecule has 9 heteroatoms. The molecule has 0 aliphatic heterocycles. The van der Waals surface area contributed by atoms with Crippen LogP contribution in [0.2, 0.25) is 0 Å². The monoisotopic (exact) mass is 404 g/mol. The van der Waals surface area contributed by atoms with Gasteiger partial charge in [-0.15, -0.1) is 0 Å². The number of hydrogen-bond donors (Lipinski definition) is 1. The first-order valence-electron chi connectivity index (χ1n) is 8.06. The first kappa shape index (κ1) is 19.6. The maximum absolute atomic E-state index is 14.1. The van der Waals surface area contributed by atoms with E-state index < -0.39 is 50.6 Å². The van der Waals surface area contributed by atoms with Crippen molar-refractivity contribution in [1.29, 1.82) is 0 Å². The average Bonchev–Trinajstić information content (AvgIpc) is 2.85. The van der Waals surface area contributed by atoms with Crippen LogP contribution in [0.5, 0.6) is 11.5 Å². The van der Waals surface area contributed by atoms with Gasteiger partial charge in [-0.05, 0) is 36.2 Å². The lowest BCUT2D eigenvalue weighted by Crippen LogP contribution is -2.22. The summed E-state index contributed by atoms with van der Waals surface area (Å²) in [6.07, 6.45) is -2.88. The predicted molar refractivity (Wildman–Crippen MR) is 89.1 cm³/mol. The molecule has 0 radical (unpaired) electrons. The molecule has 0 saturated heterocycles. The zero-order chi connectivity index (χ0) is 20.0. The average molecular weight is 404 g/mol. The van der Waals surface area contributed by atoms with E-state index in [0.717, 1.165) is 18.2 Å². The molecule has 27 heavy (non-hydrogen) atoms. The Balaban J connectivity index is 2.14. The second-order valence-electron chi connectivity index (χ2n) is 6.27. The highest BCUT2D eigenvalue weighted by Gasteiger charge is 2.50. The smallest absolute Gasteiger partial charge is 0.281 e. The zero-order valence-corrected chi connectivity index (χ0v) is 15.0. The van der Waals surface area contributed by atoms with Crippen molar-refractivity contribution in [3.05, 3.63) is 52.8 Å². The van der Waals surface area contributed by atoms with Gasteiger partial charge in [0.2, 0.25) is 9.84 Å². The van der Waals surface area contributed by atoms with E-state index >= 15 is 0 Å². The van der Waals surface area contributed by atoms with Gasteiger partial charge in [0, 0.05) is 23.6 Å². The molecule has 3 rings (SSSR count). The Hall–Kier alpha value is -2.13. The highest BCUT2D eigenvalue weighted by Crippen LogP contribution is 2.49. The third-order valence-corrected chi connectivity index (χ3v) is 5.72. The lowest BCUT2D eigenvalue weighted by atomic mass is 10.1. The van der Waals surface area contributed by atoms with Gasteiger partial charge in [-0.25, -0.2) is 26.0 Å². The number of alkyl halides is 3. The molecular formula is C18H16F4O4S. The zero-order valence-electron chi connectivity index (χ0n) is 14.2. The number of sulfone groups is 1. The molecule has 2 aromatic carbocycles. The Bertz CT molecular complexity index is 989. The van der Waals surface area contributed by atoms with E-state index in [1.54, 1.807) is 6.92 Å². The van der Waals surface area contributed by atoms with Gasteiger partial charge in [-0.3, -0.25) is 0 Å². The van der Waals surface area contributed by atoms with E-state index in [1.165, 1.54) is 12.1 Å². The summed E-state index contributed by atoms with van der Waals surface area (Å²) in [5.41, 5.74) is -0.213. The van der Waals surface area contributed by atoms with Crippen molar-refractivity contribution in [2.24, 2.45) is 0 Å². The number of hydrogen-bond acceptors (Lipinski definition) is 4. The molecule has 1 N–H and O–H groups in total. The van der Waals surface area contributed by atoms with Crippen LogP contribution in [0.3, 0.4) is 0 Å². The van der Waals surface area contributed by atoms with E-state index in [4.69, 9.17) is 4.74 Å². The number of fused-ring (bicyclic) bond motifs is 1. The van der Waals surface area contributed by atoms with Crippen molar-refractivity contribution in [1.82, 2.24) is 0 Å². The van der Waals surface area contributed by atoms with Crippen LogP contribution in [0.25, 0.3) is 0 Å². The maximum Gasteiger partial charge on any atom is 0.281 e. The van der Waals surface area contributed by atoms with Gasteiger partial charge in [0.25, 0.3) is 5.92 Å². The minimum Gasteiger partial charge on any atom is -0.457 e. The number of rotatable bonds is 5. The molecule has 2 aromatic rings. The SMILES string of the molecule is CCc1cc(F)cc(Oc2ccc(S(=O)(=O)CF)c3c2CC(F)(F)[C@H]3O)c1. The summed E-state index contributed by atoms with van der Waals surface area (Å²) in [4.78, 5) is -0.703. The molecule has 0 bridgehead atoms. The molecule has 0 fully saturated rings. The molecule has 0 unspecified atom stereocenters. The van der Waals surface area contributed by atoms with Gasteiger partial charge in [-0.1, -0.05) is 6.92 Å². The molecule has 4 nitrogen and oxygen atoms in total. The summed E-state index contributed by atoms with van der Waals surface area (Å²) >= 11 is 0. The van der Waals surface area contributed by atoms with Gasteiger partial charge in [0.1, 0.15) is 23.4 Å². The molecule has 0 amide bonds. The second-order valence-corrected chi connectivity index (χ2v) is 8.16. The van der Waals surface area contributed by atoms with Crippen molar-refractivity contribution in [2.45, 2.75) is 36.7 Å². The number of aliphatic hydroxyl groups is 1. The Labute approximate surface area is 153 Å². The first-order chi connectivity index (χ1) is 12.6. The third kappa shape index (κ3) is 3.53. The third-order valence-electron chi connectivity index (χ3n) is 4.41. The Morgan fingerprint density at radius 2 is 1.96 bits per heavy atom. The number of halogens is 4. The summed E-state index contributed by atoms with van der Waals surface area (Å²) in [6.45, 7) is 1.80. The van der Waals surface area contributed by atoms with Crippen LogP contribution in [-0.2, 0) is 22.7 Å².